The van der Waals surface area contributed by atoms with Crippen molar-refractivity contribution in [2.24, 2.45) is 27.6 Å². The van der Waals surface area contributed by atoms with Gasteiger partial charge in [-0.05, 0) is 80.3 Å². The van der Waals surface area contributed by atoms with E-state index in [1.165, 1.54) is 23.3 Å². The molecule has 1 spiro atoms. The van der Waals surface area contributed by atoms with Gasteiger partial charge in [-0.2, -0.15) is 5.10 Å². The molecule has 5 atom stereocenters. The lowest BCUT2D eigenvalue weighted by atomic mass is 9.60. The Morgan fingerprint density at radius 1 is 1.17 bits per heavy atom. The zero-order chi connectivity index (χ0) is 25.1. The van der Waals surface area contributed by atoms with E-state index in [0.717, 1.165) is 43.4 Å². The number of nitrogens with two attached hydrogens (primary N) is 1. The van der Waals surface area contributed by atoms with E-state index in [1.54, 1.807) is 12.1 Å². The van der Waals surface area contributed by atoms with Crippen LogP contribution in [0.3, 0.4) is 0 Å². The van der Waals surface area contributed by atoms with Crippen molar-refractivity contribution >= 4 is 17.8 Å². The highest BCUT2D eigenvalue weighted by atomic mass is 19.1. The van der Waals surface area contributed by atoms with Crippen molar-refractivity contribution < 1.29 is 14.3 Å². The quantitative estimate of drug-likeness (QED) is 0.519. The summed E-state index contributed by atoms with van der Waals surface area (Å²) in [4.78, 5) is 11.3. The fourth-order valence-corrected chi connectivity index (χ4v) is 7.66. The number of carbonyl (C=O) groups is 1. The smallest absolute Gasteiger partial charge is 0.217 e. The number of fused-ring (bicyclic) bond motifs is 2. The third kappa shape index (κ3) is 3.37. The van der Waals surface area contributed by atoms with E-state index in [1.807, 2.05) is 12.1 Å². The van der Waals surface area contributed by atoms with Crippen LogP contribution in [0.15, 0.2) is 65.3 Å². The van der Waals surface area contributed by atoms with Gasteiger partial charge < -0.3 is 10.8 Å². The van der Waals surface area contributed by atoms with Gasteiger partial charge in [0.05, 0.1) is 17.3 Å². The van der Waals surface area contributed by atoms with Gasteiger partial charge in [0.2, 0.25) is 5.91 Å². The summed E-state index contributed by atoms with van der Waals surface area (Å²) in [7, 11) is 0. The molecule has 1 heterocycles. The average molecular weight is 488 g/mol. The highest BCUT2D eigenvalue weighted by molar-refractivity contribution is 5.83. The molecule has 0 saturated heterocycles. The summed E-state index contributed by atoms with van der Waals surface area (Å²) in [5.41, 5.74) is 8.94. The van der Waals surface area contributed by atoms with Crippen molar-refractivity contribution in [3.8, 4) is 0 Å². The Labute approximate surface area is 211 Å². The number of rotatable bonds is 8. The van der Waals surface area contributed by atoms with Gasteiger partial charge in [0.1, 0.15) is 5.82 Å². The molecular formula is C30H34FN3O2. The van der Waals surface area contributed by atoms with Crippen LogP contribution < -0.4 is 10.7 Å². The first-order valence-electron chi connectivity index (χ1n) is 13.2. The van der Waals surface area contributed by atoms with E-state index in [0.29, 0.717) is 25.2 Å². The van der Waals surface area contributed by atoms with E-state index in [4.69, 9.17) is 10.8 Å². The van der Waals surface area contributed by atoms with E-state index in [9.17, 15) is 14.3 Å². The zero-order valence-electron chi connectivity index (χ0n) is 20.8. The second kappa shape index (κ2) is 8.27. The normalized spacial score (nSPS) is 33.6. The number of aryl methyl sites for hydroxylation is 2. The van der Waals surface area contributed by atoms with Crippen molar-refractivity contribution in [1.82, 2.24) is 0 Å². The SMILES string of the molecule is CCC12CC34C=NN(c5ccc(F)cc5)C3C4C=C1CC[C@@]2(O)CCc1ccccc1CCC(N)=O. The van der Waals surface area contributed by atoms with Crippen molar-refractivity contribution in [2.45, 2.75) is 69.9 Å². The Kier molecular flexibility index (Phi) is 5.38. The molecule has 2 aromatic rings. The van der Waals surface area contributed by atoms with Crippen LogP contribution in [0.4, 0.5) is 10.1 Å². The van der Waals surface area contributed by atoms with Gasteiger partial charge in [-0.1, -0.05) is 42.8 Å². The number of hydrogen-bond donors (Lipinski definition) is 2. The number of amides is 1. The van der Waals surface area contributed by atoms with Crippen LogP contribution in [0.25, 0.3) is 0 Å². The number of hydrazone groups is 1. The number of hydrogen-bond acceptors (Lipinski definition) is 4. The fraction of sp³-hybridized carbons (Fsp3) is 0.467. The van der Waals surface area contributed by atoms with Gasteiger partial charge in [-0.3, -0.25) is 9.80 Å². The van der Waals surface area contributed by atoms with Crippen molar-refractivity contribution in [1.29, 1.82) is 0 Å². The molecule has 3 aliphatic carbocycles. The molecule has 5 nitrogen and oxygen atoms in total. The molecule has 2 saturated carbocycles. The zero-order valence-corrected chi connectivity index (χ0v) is 20.8. The number of nitrogens with zero attached hydrogens (tertiary/aromatic N) is 2. The summed E-state index contributed by atoms with van der Waals surface area (Å²) in [6, 6.07) is 15.0. The summed E-state index contributed by atoms with van der Waals surface area (Å²) in [6.45, 7) is 2.21. The highest BCUT2D eigenvalue weighted by Gasteiger charge is 2.75. The van der Waals surface area contributed by atoms with Crippen LogP contribution in [-0.2, 0) is 17.6 Å². The molecule has 1 aliphatic heterocycles. The van der Waals surface area contributed by atoms with Gasteiger partial charge in [-0.25, -0.2) is 4.39 Å². The monoisotopic (exact) mass is 487 g/mol. The Balaban J connectivity index is 1.24. The first kappa shape index (κ1) is 23.4. The van der Waals surface area contributed by atoms with E-state index in [2.05, 4.69) is 36.4 Å². The molecule has 0 radical (unpaired) electrons. The molecule has 188 valence electrons. The third-order valence-corrected chi connectivity index (χ3v) is 9.65. The highest BCUT2D eigenvalue weighted by Crippen LogP contribution is 2.73. The molecule has 2 fully saturated rings. The number of halogens is 1. The molecular weight excluding hydrogens is 453 g/mol. The minimum absolute atomic E-state index is 0.0639. The summed E-state index contributed by atoms with van der Waals surface area (Å²) >= 11 is 0. The van der Waals surface area contributed by atoms with Crippen LogP contribution >= 0.6 is 0 Å². The number of aliphatic hydroxyl groups is 1. The summed E-state index contributed by atoms with van der Waals surface area (Å²) < 4.78 is 13.5. The van der Waals surface area contributed by atoms with Gasteiger partial charge in [-0.15, -0.1) is 0 Å². The van der Waals surface area contributed by atoms with Crippen molar-refractivity contribution in [3.63, 3.8) is 0 Å². The molecule has 2 aromatic carbocycles. The lowest BCUT2D eigenvalue weighted by molar-refractivity contribution is -0.118. The molecule has 1 amide bonds. The summed E-state index contributed by atoms with van der Waals surface area (Å²) in [5, 5.41) is 19.1. The van der Waals surface area contributed by atoms with Crippen LogP contribution in [0.2, 0.25) is 0 Å². The minimum Gasteiger partial charge on any atom is -0.389 e. The average Bonchev–Trinajstić information content (AvgIpc) is 3.18. The molecule has 0 bridgehead atoms. The van der Waals surface area contributed by atoms with E-state index < -0.39 is 5.60 Å². The maximum absolute atomic E-state index is 13.5. The molecule has 3 N–H and O–H groups in total. The Morgan fingerprint density at radius 3 is 2.58 bits per heavy atom. The Morgan fingerprint density at radius 2 is 1.89 bits per heavy atom. The third-order valence-electron chi connectivity index (χ3n) is 9.65. The predicted molar refractivity (Wildman–Crippen MR) is 139 cm³/mol. The maximum Gasteiger partial charge on any atom is 0.217 e. The van der Waals surface area contributed by atoms with Gasteiger partial charge in [0, 0.05) is 29.4 Å². The first-order valence-corrected chi connectivity index (χ1v) is 13.2. The lowest BCUT2D eigenvalue weighted by Crippen LogP contribution is -2.48. The van der Waals surface area contributed by atoms with Gasteiger partial charge in [0.15, 0.2) is 0 Å². The van der Waals surface area contributed by atoms with E-state index >= 15 is 0 Å². The van der Waals surface area contributed by atoms with Crippen molar-refractivity contribution in [3.05, 3.63) is 77.1 Å². The molecule has 6 heteroatoms. The molecule has 4 aliphatic rings. The second-order valence-corrected chi connectivity index (χ2v) is 11.2. The molecule has 6 rings (SSSR count). The van der Waals surface area contributed by atoms with Crippen molar-refractivity contribution in [2.75, 3.05) is 5.01 Å². The standard InChI is InChI=1S/C30H34FN3O2/c1-2-29-18-28-19-33-34(24-10-8-23(31)9-11-24)27(28)25(28)17-22(29)14-16-30(29,36)15-13-21-6-4-3-5-20(21)7-12-26(32)35/h3-6,8-11,17,19,25,27,36H,2,7,12-16,18H2,1H3,(H2,32,35)/t25?,27?,28?,29?,30-/m0/s1. The van der Waals surface area contributed by atoms with E-state index in [-0.39, 0.29) is 28.6 Å². The fourth-order valence-electron chi connectivity index (χ4n) is 7.66. The number of anilines is 1. The summed E-state index contributed by atoms with van der Waals surface area (Å²) in [5.74, 6) is -0.138. The lowest BCUT2D eigenvalue weighted by Gasteiger charge is -2.46. The van der Waals surface area contributed by atoms with Crippen LogP contribution in [0, 0.1) is 22.6 Å². The van der Waals surface area contributed by atoms with Gasteiger partial charge in [0.25, 0.3) is 0 Å². The topological polar surface area (TPSA) is 78.9 Å². The van der Waals surface area contributed by atoms with Crippen LogP contribution in [-0.4, -0.2) is 28.9 Å². The molecule has 0 aromatic heterocycles. The minimum atomic E-state index is -0.783. The first-order chi connectivity index (χ1) is 17.3. The molecule has 36 heavy (non-hydrogen) atoms. The number of carbonyl (C=O) groups excluding carboxylic acids is 1. The molecule has 4 unspecified atom stereocenters. The Bertz CT molecular complexity index is 1260. The predicted octanol–water partition coefficient (Wildman–Crippen LogP) is 4.92. The van der Waals surface area contributed by atoms with Gasteiger partial charge >= 0.3 is 0 Å². The summed E-state index contributed by atoms with van der Waals surface area (Å²) in [6.07, 6.45) is 10.5. The number of primary amides is 1. The maximum atomic E-state index is 13.5. The number of benzene rings is 2. The van der Waals surface area contributed by atoms with Crippen LogP contribution in [0.1, 0.15) is 56.6 Å². The second-order valence-electron chi connectivity index (χ2n) is 11.2. The Hall–Kier alpha value is -2.99. The largest absolute Gasteiger partial charge is 0.389 e. The van der Waals surface area contributed by atoms with Crippen LogP contribution in [0.5, 0.6) is 0 Å².